The maximum absolute atomic E-state index is 10.6. The number of nitrogens with one attached hydrogen (secondary N) is 1. The van der Waals surface area contributed by atoms with Gasteiger partial charge >= 0.3 is 10.4 Å². The Kier molecular flexibility index (Phi) is 15.7. The molecule has 156 valence electrons. The molecule has 0 aromatic heterocycles. The zero-order chi connectivity index (χ0) is 19.7. The third-order valence-electron chi connectivity index (χ3n) is 4.33. The lowest BCUT2D eigenvalue weighted by atomic mass is 10.1. The van der Waals surface area contributed by atoms with E-state index in [9.17, 15) is 8.37 Å². The highest BCUT2D eigenvalue weighted by atomic mass is 32.3. The van der Waals surface area contributed by atoms with Crippen LogP contribution in [0.1, 0.15) is 84.0 Å². The molecule has 26 heavy (non-hydrogen) atoms. The Morgan fingerprint density at radius 3 is 1.65 bits per heavy atom. The molecule has 8 heteroatoms. The Morgan fingerprint density at radius 1 is 0.885 bits per heavy atom. The highest BCUT2D eigenvalue weighted by Crippen LogP contribution is 2.12. The van der Waals surface area contributed by atoms with Crippen LogP contribution < -0.4 is 4.94 Å². The molecule has 0 aliphatic carbocycles. The molecule has 0 aromatic rings. The smallest absolute Gasteiger partial charge is 0.362 e. The molecule has 1 rings (SSSR count). The van der Waals surface area contributed by atoms with Gasteiger partial charge in [0.1, 0.15) is 0 Å². The van der Waals surface area contributed by atoms with Crippen molar-refractivity contribution in [2.75, 3.05) is 20.3 Å². The van der Waals surface area contributed by atoms with Crippen LogP contribution in [-0.4, -0.2) is 38.5 Å². The van der Waals surface area contributed by atoms with Crippen LogP contribution in [0, 0.1) is 0 Å². The summed E-state index contributed by atoms with van der Waals surface area (Å²) in [7, 11) is -2.94. The van der Waals surface area contributed by atoms with Crippen LogP contribution in [0.5, 0.6) is 0 Å². The molecule has 1 heterocycles. The van der Waals surface area contributed by atoms with Crippen LogP contribution in [0.4, 0.5) is 8.37 Å². The predicted molar refractivity (Wildman–Crippen MR) is 104 cm³/mol. The molecule has 0 unspecified atom stereocenters. The first-order chi connectivity index (χ1) is 12.4. The van der Waals surface area contributed by atoms with Gasteiger partial charge in [0, 0.05) is 26.0 Å². The Morgan fingerprint density at radius 2 is 1.31 bits per heavy atom. The first-order valence-corrected chi connectivity index (χ1v) is 11.2. The lowest BCUT2D eigenvalue weighted by Gasteiger charge is -2.17. The third kappa shape index (κ3) is 17.9. The van der Waals surface area contributed by atoms with Crippen LogP contribution >= 0.6 is 0 Å². The first kappa shape index (κ1) is 25.1. The summed E-state index contributed by atoms with van der Waals surface area (Å²) in [5.74, 6) is 0. The second-order valence-electron chi connectivity index (χ2n) is 6.91. The van der Waals surface area contributed by atoms with E-state index in [1.54, 1.807) is 0 Å². The maximum Gasteiger partial charge on any atom is 0.398 e. The molecule has 0 saturated heterocycles. The second-order valence-corrected chi connectivity index (χ2v) is 7.94. The Labute approximate surface area is 159 Å². The zero-order valence-corrected chi connectivity index (χ0v) is 17.2. The van der Waals surface area contributed by atoms with E-state index < -0.39 is 10.4 Å². The highest BCUT2D eigenvalue weighted by Gasteiger charge is 2.06. The average molecular weight is 398 g/mol. The van der Waals surface area contributed by atoms with Crippen molar-refractivity contribution in [3.63, 3.8) is 0 Å². The van der Waals surface area contributed by atoms with Gasteiger partial charge in [0.05, 0.1) is 6.67 Å². The summed E-state index contributed by atoms with van der Waals surface area (Å²) in [6.07, 6.45) is 21.6. The van der Waals surface area contributed by atoms with Crippen molar-refractivity contribution < 1.29 is 16.8 Å². The van der Waals surface area contributed by atoms with Crippen LogP contribution in [0.25, 0.3) is 0 Å². The fourth-order valence-corrected chi connectivity index (χ4v) is 2.89. The van der Waals surface area contributed by atoms with Crippen LogP contribution in [0.2, 0.25) is 0 Å². The number of hydrogen-bond acceptors (Lipinski definition) is 4. The lowest BCUT2D eigenvalue weighted by Crippen LogP contribution is -2.23. The average Bonchev–Trinajstić information content (AvgIpc) is 3.01. The van der Waals surface area contributed by atoms with Gasteiger partial charge < -0.3 is 9.80 Å². The molecule has 1 aliphatic rings. The summed E-state index contributed by atoms with van der Waals surface area (Å²) in [4.78, 5) is 4.56. The van der Waals surface area contributed by atoms with Crippen molar-refractivity contribution in [1.29, 1.82) is 0 Å². The topological polar surface area (TPSA) is 52.7 Å². The molecule has 5 nitrogen and oxygen atoms in total. The summed E-state index contributed by atoms with van der Waals surface area (Å²) >= 11 is 0. The molecule has 0 saturated carbocycles. The van der Waals surface area contributed by atoms with E-state index in [4.69, 9.17) is 8.42 Å². The molecule has 1 N–H and O–H groups in total. The maximum atomic E-state index is 10.6. The Hall–Kier alpha value is -0.890. The van der Waals surface area contributed by atoms with Crippen molar-refractivity contribution >= 4 is 10.4 Å². The van der Waals surface area contributed by atoms with Gasteiger partial charge in [-0.25, -0.2) is 0 Å². The van der Waals surface area contributed by atoms with Gasteiger partial charge in [0.25, 0.3) is 0 Å². The minimum absolute atomic E-state index is 0.0903. The van der Waals surface area contributed by atoms with Crippen LogP contribution in [-0.2, 0) is 10.4 Å². The van der Waals surface area contributed by atoms with Crippen LogP contribution in [0.3, 0.4) is 0 Å². The molecule has 0 fully saturated rings. The number of unbranched alkanes of at least 4 members (excludes halogenated alkanes) is 11. The Balaban J connectivity index is 0.000000896. The molecule has 0 aromatic carbocycles. The van der Waals surface area contributed by atoms with Gasteiger partial charge in [-0.3, -0.25) is 0 Å². The van der Waals surface area contributed by atoms with Gasteiger partial charge in [-0.1, -0.05) is 81.4 Å². The predicted octanol–water partition coefficient (Wildman–Crippen LogP) is 5.04. The van der Waals surface area contributed by atoms with E-state index in [1.807, 2.05) is 0 Å². The lowest BCUT2D eigenvalue weighted by molar-refractivity contribution is 0.290. The SMILES string of the molecule is CCCCCCCCCCCCCCN1C=CN(C)C1.O=S(=O)(F)NF. The monoisotopic (exact) mass is 397 g/mol. The van der Waals surface area contributed by atoms with Gasteiger partial charge in [-0.05, 0) is 11.4 Å². The standard InChI is InChI=1S/C18H36N2.F2HNO2S/c1-3-4-5-6-7-8-9-10-11-12-13-14-15-20-17-16-19(2)18-20;1-3-6(2,4)5/h16-17H,3-15,18H2,1-2H3;3H. The summed E-state index contributed by atoms with van der Waals surface area (Å²) in [5.41, 5.74) is 0. The van der Waals surface area contributed by atoms with Crippen molar-refractivity contribution in [2.45, 2.75) is 84.0 Å². The molecular formula is C18H37F2N3O2S. The molecule has 0 spiro atoms. The number of nitrogens with zero attached hydrogens (tertiary/aromatic N) is 2. The van der Waals surface area contributed by atoms with E-state index in [0.29, 0.717) is 0 Å². The molecule has 0 amide bonds. The van der Waals surface area contributed by atoms with Gasteiger partial charge in [0.15, 0.2) is 0 Å². The quantitative estimate of drug-likeness (QED) is 0.253. The van der Waals surface area contributed by atoms with E-state index in [0.717, 1.165) is 6.67 Å². The van der Waals surface area contributed by atoms with E-state index in [-0.39, 0.29) is 4.94 Å². The molecule has 0 bridgehead atoms. The summed E-state index contributed by atoms with van der Waals surface area (Å²) in [5, 5.41) is 0. The van der Waals surface area contributed by atoms with E-state index in [2.05, 4.69) is 36.2 Å². The largest absolute Gasteiger partial charge is 0.398 e. The fraction of sp³-hybridized carbons (Fsp3) is 0.889. The first-order valence-electron chi connectivity index (χ1n) is 9.83. The zero-order valence-electron chi connectivity index (χ0n) is 16.4. The molecule has 0 radical (unpaired) electrons. The number of hydrogen-bond donors (Lipinski definition) is 1. The summed E-state index contributed by atoms with van der Waals surface area (Å²) in [6, 6.07) is 0. The minimum Gasteiger partial charge on any atom is -0.362 e. The van der Waals surface area contributed by atoms with Crippen molar-refractivity contribution in [2.24, 2.45) is 0 Å². The third-order valence-corrected chi connectivity index (χ3v) is 4.51. The molecule has 0 atom stereocenters. The second kappa shape index (κ2) is 16.3. The minimum atomic E-state index is -5.08. The molecular weight excluding hydrogens is 360 g/mol. The Bertz CT molecular complexity index is 448. The van der Waals surface area contributed by atoms with E-state index in [1.165, 1.54) is 83.6 Å². The summed E-state index contributed by atoms with van der Waals surface area (Å²) in [6.45, 7) is 4.61. The summed E-state index contributed by atoms with van der Waals surface area (Å²) < 4.78 is 38.6. The van der Waals surface area contributed by atoms with E-state index >= 15 is 0 Å². The fourth-order valence-electron chi connectivity index (χ4n) is 2.89. The van der Waals surface area contributed by atoms with Crippen LogP contribution in [0.15, 0.2) is 12.4 Å². The van der Waals surface area contributed by atoms with Crippen molar-refractivity contribution in [3.05, 3.63) is 12.4 Å². The van der Waals surface area contributed by atoms with Gasteiger partial charge in [-0.2, -0.15) is 8.42 Å². The van der Waals surface area contributed by atoms with Gasteiger partial charge in [0.2, 0.25) is 0 Å². The van der Waals surface area contributed by atoms with Crippen molar-refractivity contribution in [1.82, 2.24) is 14.7 Å². The van der Waals surface area contributed by atoms with Crippen molar-refractivity contribution in [3.8, 4) is 0 Å². The van der Waals surface area contributed by atoms with Gasteiger partial charge in [-0.15, -0.1) is 4.48 Å². The number of rotatable bonds is 14. The number of halogens is 2. The highest BCUT2D eigenvalue weighted by molar-refractivity contribution is 7.84. The molecule has 1 aliphatic heterocycles. The normalized spacial score (nSPS) is 13.8.